The molecule has 0 bridgehead atoms. The van der Waals surface area contributed by atoms with E-state index in [1.807, 2.05) is 19.1 Å². The Balaban J connectivity index is 1.93. The first kappa shape index (κ1) is 13.4. The lowest BCUT2D eigenvalue weighted by atomic mass is 10.0. The molecule has 0 heterocycles. The summed E-state index contributed by atoms with van der Waals surface area (Å²) in [6.07, 6.45) is 1.80. The summed E-state index contributed by atoms with van der Waals surface area (Å²) in [4.78, 5) is 11.4. The van der Waals surface area contributed by atoms with Gasteiger partial charge in [-0.15, -0.1) is 0 Å². The normalized spacial score (nSPS) is 10.4. The van der Waals surface area contributed by atoms with Crippen molar-refractivity contribution < 1.29 is 4.79 Å². The number of urea groups is 1. The number of carbonyl (C=O) groups is 1. The molecule has 0 saturated heterocycles. The minimum Gasteiger partial charge on any atom is -0.338 e. The van der Waals surface area contributed by atoms with Gasteiger partial charge in [0.25, 0.3) is 0 Å². The molecule has 3 nitrogen and oxygen atoms in total. The fraction of sp³-hybridized carbons (Fsp3) is 0.312. The van der Waals surface area contributed by atoms with Crippen LogP contribution in [-0.2, 0) is 6.42 Å². The van der Waals surface area contributed by atoms with Crippen LogP contribution in [0.25, 0.3) is 10.8 Å². The van der Waals surface area contributed by atoms with Crippen LogP contribution in [0.3, 0.4) is 0 Å². The van der Waals surface area contributed by atoms with E-state index in [9.17, 15) is 4.79 Å². The second-order valence-corrected chi connectivity index (χ2v) is 4.57. The summed E-state index contributed by atoms with van der Waals surface area (Å²) >= 11 is 0. The van der Waals surface area contributed by atoms with Crippen molar-refractivity contribution in [2.75, 3.05) is 13.1 Å². The van der Waals surface area contributed by atoms with Crippen LogP contribution in [0.1, 0.15) is 18.9 Å². The Morgan fingerprint density at radius 2 is 1.74 bits per heavy atom. The van der Waals surface area contributed by atoms with E-state index in [0.29, 0.717) is 6.54 Å². The lowest BCUT2D eigenvalue weighted by Crippen LogP contribution is -2.36. The van der Waals surface area contributed by atoms with Gasteiger partial charge >= 0.3 is 6.03 Å². The van der Waals surface area contributed by atoms with Gasteiger partial charge in [-0.25, -0.2) is 4.79 Å². The van der Waals surface area contributed by atoms with E-state index in [0.717, 1.165) is 19.4 Å². The van der Waals surface area contributed by atoms with Crippen molar-refractivity contribution in [1.82, 2.24) is 10.6 Å². The van der Waals surface area contributed by atoms with Crippen LogP contribution in [0.4, 0.5) is 4.79 Å². The van der Waals surface area contributed by atoms with Crippen LogP contribution in [0.5, 0.6) is 0 Å². The standard InChI is InChI=1S/C16H20N2O/c1-2-11-17-16(19)18-12-10-14-8-5-7-13-6-3-4-9-15(13)14/h3-9H,2,10-12H2,1H3,(H2,17,18,19). The highest BCUT2D eigenvalue weighted by molar-refractivity contribution is 5.85. The van der Waals surface area contributed by atoms with Crippen LogP contribution < -0.4 is 10.6 Å². The number of hydrogen-bond donors (Lipinski definition) is 2. The number of amides is 2. The zero-order chi connectivity index (χ0) is 13.5. The zero-order valence-corrected chi connectivity index (χ0v) is 11.3. The molecule has 2 amide bonds. The van der Waals surface area contributed by atoms with E-state index in [1.54, 1.807) is 0 Å². The quantitative estimate of drug-likeness (QED) is 0.848. The van der Waals surface area contributed by atoms with Crippen molar-refractivity contribution in [3.05, 3.63) is 48.0 Å². The highest BCUT2D eigenvalue weighted by Gasteiger charge is 2.01. The van der Waals surface area contributed by atoms with Gasteiger partial charge in [0.2, 0.25) is 0 Å². The van der Waals surface area contributed by atoms with Gasteiger partial charge in [0.15, 0.2) is 0 Å². The maximum Gasteiger partial charge on any atom is 0.314 e. The molecular weight excluding hydrogens is 236 g/mol. The molecule has 0 aliphatic heterocycles. The molecule has 100 valence electrons. The number of nitrogens with one attached hydrogen (secondary N) is 2. The maximum absolute atomic E-state index is 11.4. The SMILES string of the molecule is CCCNC(=O)NCCc1cccc2ccccc12. The average molecular weight is 256 g/mol. The lowest BCUT2D eigenvalue weighted by Gasteiger charge is -2.08. The number of rotatable bonds is 5. The summed E-state index contributed by atoms with van der Waals surface area (Å²) in [7, 11) is 0. The molecule has 19 heavy (non-hydrogen) atoms. The largest absolute Gasteiger partial charge is 0.338 e. The maximum atomic E-state index is 11.4. The van der Waals surface area contributed by atoms with Crippen LogP contribution in [0.15, 0.2) is 42.5 Å². The van der Waals surface area contributed by atoms with Crippen molar-refractivity contribution in [2.45, 2.75) is 19.8 Å². The molecule has 0 aliphatic carbocycles. The summed E-state index contributed by atoms with van der Waals surface area (Å²) < 4.78 is 0. The van der Waals surface area contributed by atoms with E-state index >= 15 is 0 Å². The van der Waals surface area contributed by atoms with Crippen molar-refractivity contribution in [2.24, 2.45) is 0 Å². The molecule has 0 spiro atoms. The molecule has 2 aromatic rings. The molecule has 2 rings (SSSR count). The summed E-state index contributed by atoms with van der Waals surface area (Å²) in [6.45, 7) is 3.42. The number of carbonyl (C=O) groups excluding carboxylic acids is 1. The molecular formula is C16H20N2O. The smallest absolute Gasteiger partial charge is 0.314 e. The molecule has 2 N–H and O–H groups in total. The zero-order valence-electron chi connectivity index (χ0n) is 11.3. The fourth-order valence-electron chi connectivity index (χ4n) is 2.12. The van der Waals surface area contributed by atoms with Crippen molar-refractivity contribution >= 4 is 16.8 Å². The van der Waals surface area contributed by atoms with E-state index < -0.39 is 0 Å². The van der Waals surface area contributed by atoms with E-state index in [1.165, 1.54) is 16.3 Å². The Labute approximate surface area is 114 Å². The van der Waals surface area contributed by atoms with E-state index in [-0.39, 0.29) is 6.03 Å². The summed E-state index contributed by atoms with van der Waals surface area (Å²) in [5.41, 5.74) is 1.27. The number of fused-ring (bicyclic) bond motifs is 1. The summed E-state index contributed by atoms with van der Waals surface area (Å²) in [6, 6.07) is 14.5. The van der Waals surface area contributed by atoms with Gasteiger partial charge in [0.05, 0.1) is 0 Å². The second kappa shape index (κ2) is 6.78. The van der Waals surface area contributed by atoms with Gasteiger partial charge < -0.3 is 10.6 Å². The van der Waals surface area contributed by atoms with Crippen LogP contribution >= 0.6 is 0 Å². The Hall–Kier alpha value is -2.03. The predicted molar refractivity (Wildman–Crippen MR) is 79.3 cm³/mol. The van der Waals surface area contributed by atoms with E-state index in [4.69, 9.17) is 0 Å². The average Bonchev–Trinajstić information content (AvgIpc) is 2.45. The first-order valence-corrected chi connectivity index (χ1v) is 6.79. The molecule has 3 heteroatoms. The molecule has 0 saturated carbocycles. The minimum absolute atomic E-state index is 0.0814. The summed E-state index contributed by atoms with van der Waals surface area (Å²) in [5, 5.41) is 8.20. The van der Waals surface area contributed by atoms with Crippen molar-refractivity contribution in [1.29, 1.82) is 0 Å². The molecule has 0 radical (unpaired) electrons. The predicted octanol–water partition coefficient (Wildman–Crippen LogP) is 3.09. The van der Waals surface area contributed by atoms with Gasteiger partial charge in [-0.1, -0.05) is 49.4 Å². The fourth-order valence-corrected chi connectivity index (χ4v) is 2.12. The topological polar surface area (TPSA) is 41.1 Å². The first-order chi connectivity index (χ1) is 9.31. The number of benzene rings is 2. The van der Waals surface area contributed by atoms with E-state index in [2.05, 4.69) is 41.0 Å². The van der Waals surface area contributed by atoms with Gasteiger partial charge in [0.1, 0.15) is 0 Å². The lowest BCUT2D eigenvalue weighted by molar-refractivity contribution is 0.241. The monoisotopic (exact) mass is 256 g/mol. The highest BCUT2D eigenvalue weighted by Crippen LogP contribution is 2.18. The number of hydrogen-bond acceptors (Lipinski definition) is 1. The van der Waals surface area contributed by atoms with Gasteiger partial charge in [-0.2, -0.15) is 0 Å². The third kappa shape index (κ3) is 3.71. The van der Waals surface area contributed by atoms with Gasteiger partial charge in [-0.05, 0) is 29.2 Å². The van der Waals surface area contributed by atoms with Crippen molar-refractivity contribution in [3.8, 4) is 0 Å². The minimum atomic E-state index is -0.0814. The first-order valence-electron chi connectivity index (χ1n) is 6.79. The molecule has 0 aliphatic rings. The van der Waals surface area contributed by atoms with Gasteiger partial charge in [0, 0.05) is 13.1 Å². The molecule has 0 fully saturated rings. The highest BCUT2D eigenvalue weighted by atomic mass is 16.2. The summed E-state index contributed by atoms with van der Waals surface area (Å²) in [5.74, 6) is 0. The van der Waals surface area contributed by atoms with Crippen LogP contribution in [0.2, 0.25) is 0 Å². The second-order valence-electron chi connectivity index (χ2n) is 4.57. The van der Waals surface area contributed by atoms with Crippen molar-refractivity contribution in [3.63, 3.8) is 0 Å². The molecule has 2 aromatic carbocycles. The van der Waals surface area contributed by atoms with Crippen LogP contribution in [0, 0.1) is 0 Å². The van der Waals surface area contributed by atoms with Crippen LogP contribution in [-0.4, -0.2) is 19.1 Å². The molecule has 0 atom stereocenters. The Morgan fingerprint density at radius 3 is 2.58 bits per heavy atom. The molecule has 0 aromatic heterocycles. The Kier molecular flexibility index (Phi) is 4.78. The Morgan fingerprint density at radius 1 is 1.00 bits per heavy atom. The molecule has 0 unspecified atom stereocenters. The third-order valence-corrected chi connectivity index (χ3v) is 3.10. The van der Waals surface area contributed by atoms with Gasteiger partial charge in [-0.3, -0.25) is 0 Å². The third-order valence-electron chi connectivity index (χ3n) is 3.10. The Bertz CT molecular complexity index is 546.